The number of hydrogen-bond donors (Lipinski definition) is 1. The lowest BCUT2D eigenvalue weighted by Crippen LogP contribution is -2.54. The van der Waals surface area contributed by atoms with Crippen LogP contribution in [0.25, 0.3) is 11.0 Å². The van der Waals surface area contributed by atoms with Crippen LogP contribution in [-0.4, -0.2) is 68.3 Å². The van der Waals surface area contributed by atoms with Crippen molar-refractivity contribution in [1.82, 2.24) is 23.9 Å². The number of nitrogens with one attached hydrogen (secondary N) is 1. The van der Waals surface area contributed by atoms with Crippen LogP contribution in [0.4, 0.5) is 4.79 Å². The lowest BCUT2D eigenvalue weighted by molar-refractivity contribution is 0.104. The Morgan fingerprint density at radius 2 is 1.88 bits per heavy atom. The van der Waals surface area contributed by atoms with E-state index in [1.54, 1.807) is 0 Å². The number of rotatable bonds is 3. The van der Waals surface area contributed by atoms with Crippen LogP contribution < -0.4 is 5.32 Å². The van der Waals surface area contributed by atoms with Crippen molar-refractivity contribution in [3.63, 3.8) is 0 Å². The van der Waals surface area contributed by atoms with Gasteiger partial charge in [0.05, 0.1) is 11.7 Å². The molecule has 0 spiro atoms. The van der Waals surface area contributed by atoms with E-state index in [0.29, 0.717) is 6.54 Å². The maximum Gasteiger partial charge on any atom is 0.317 e. The Bertz CT molecular complexity index is 723. The molecule has 8 heteroatoms. The van der Waals surface area contributed by atoms with Gasteiger partial charge in [0, 0.05) is 38.8 Å². The van der Waals surface area contributed by atoms with E-state index in [1.807, 2.05) is 23.1 Å². The van der Waals surface area contributed by atoms with Gasteiger partial charge in [-0.1, -0.05) is 6.07 Å². The molecule has 2 aliphatic rings. The third-order valence-electron chi connectivity index (χ3n) is 5.07. The number of amides is 2. The molecule has 2 saturated heterocycles. The number of urea groups is 1. The number of carbonyl (C=O) groups excluding carboxylic acids is 1. The second-order valence-corrected chi connectivity index (χ2v) is 8.37. The van der Waals surface area contributed by atoms with Gasteiger partial charge in [0.2, 0.25) is 0 Å². The zero-order valence-electron chi connectivity index (χ0n) is 14.2. The highest BCUT2D eigenvalue weighted by atomic mass is 32.2. The van der Waals surface area contributed by atoms with E-state index in [9.17, 15) is 4.79 Å². The summed E-state index contributed by atoms with van der Waals surface area (Å²) in [4.78, 5) is 17.0. The van der Waals surface area contributed by atoms with E-state index in [-0.39, 0.29) is 6.03 Å². The molecule has 0 bridgehead atoms. The first-order chi connectivity index (χ1) is 12.3. The van der Waals surface area contributed by atoms with Gasteiger partial charge in [-0.25, -0.2) is 4.79 Å². The van der Waals surface area contributed by atoms with Crippen LogP contribution in [0.1, 0.15) is 18.4 Å². The highest BCUT2D eigenvalue weighted by Crippen LogP contribution is 2.22. The second-order valence-electron chi connectivity index (χ2n) is 6.61. The SMILES string of the molecule is O=C(NCc1ccc2nsnc2c1)N1CCN(C2CCSCC2)CC1. The predicted octanol–water partition coefficient (Wildman–Crippen LogP) is 2.41. The normalized spacial score (nSPS) is 20.1. The van der Waals surface area contributed by atoms with E-state index in [0.717, 1.165) is 48.8 Å². The van der Waals surface area contributed by atoms with E-state index in [2.05, 4.69) is 30.7 Å². The Balaban J connectivity index is 1.25. The summed E-state index contributed by atoms with van der Waals surface area (Å²) < 4.78 is 8.45. The van der Waals surface area contributed by atoms with Gasteiger partial charge in [0.15, 0.2) is 0 Å². The molecule has 0 aliphatic carbocycles. The molecule has 3 heterocycles. The predicted molar refractivity (Wildman–Crippen MR) is 103 cm³/mol. The number of fused-ring (bicyclic) bond motifs is 1. The van der Waals surface area contributed by atoms with Crippen molar-refractivity contribution in [2.24, 2.45) is 0 Å². The summed E-state index contributed by atoms with van der Waals surface area (Å²) in [6.07, 6.45) is 2.59. The zero-order valence-corrected chi connectivity index (χ0v) is 15.8. The van der Waals surface area contributed by atoms with E-state index >= 15 is 0 Å². The van der Waals surface area contributed by atoms with Crippen molar-refractivity contribution < 1.29 is 4.79 Å². The summed E-state index contributed by atoms with van der Waals surface area (Å²) in [5.74, 6) is 2.56. The summed E-state index contributed by atoms with van der Waals surface area (Å²) in [6, 6.07) is 6.73. The second kappa shape index (κ2) is 7.88. The maximum absolute atomic E-state index is 12.4. The Morgan fingerprint density at radius 1 is 1.12 bits per heavy atom. The van der Waals surface area contributed by atoms with Crippen LogP contribution in [-0.2, 0) is 6.54 Å². The fraction of sp³-hybridized carbons (Fsp3) is 0.588. The van der Waals surface area contributed by atoms with Crippen molar-refractivity contribution in [3.8, 4) is 0 Å². The zero-order chi connectivity index (χ0) is 17.1. The van der Waals surface area contributed by atoms with Gasteiger partial charge in [0.1, 0.15) is 11.0 Å². The smallest absolute Gasteiger partial charge is 0.317 e. The van der Waals surface area contributed by atoms with Crippen LogP contribution in [0, 0.1) is 0 Å². The van der Waals surface area contributed by atoms with E-state index in [4.69, 9.17) is 0 Å². The Kier molecular flexibility index (Phi) is 5.38. The average molecular weight is 378 g/mol. The molecule has 4 rings (SSSR count). The molecule has 0 unspecified atom stereocenters. The lowest BCUT2D eigenvalue weighted by atomic mass is 10.1. The molecule has 2 fully saturated rings. The van der Waals surface area contributed by atoms with Gasteiger partial charge in [-0.2, -0.15) is 20.5 Å². The van der Waals surface area contributed by atoms with Gasteiger partial charge in [-0.05, 0) is 42.0 Å². The molecule has 1 N–H and O–H groups in total. The lowest BCUT2D eigenvalue weighted by Gasteiger charge is -2.40. The largest absolute Gasteiger partial charge is 0.334 e. The first-order valence-electron chi connectivity index (χ1n) is 8.85. The van der Waals surface area contributed by atoms with Gasteiger partial charge in [-0.3, -0.25) is 4.90 Å². The highest BCUT2D eigenvalue weighted by Gasteiger charge is 2.27. The average Bonchev–Trinajstić information content (AvgIpc) is 3.15. The molecule has 134 valence electrons. The van der Waals surface area contributed by atoms with Crippen LogP contribution in [0.3, 0.4) is 0 Å². The van der Waals surface area contributed by atoms with Gasteiger partial charge >= 0.3 is 6.03 Å². The summed E-state index contributed by atoms with van der Waals surface area (Å²) in [6.45, 7) is 4.18. The van der Waals surface area contributed by atoms with Crippen LogP contribution in [0.2, 0.25) is 0 Å². The number of aromatic nitrogens is 2. The van der Waals surface area contributed by atoms with Crippen molar-refractivity contribution in [2.75, 3.05) is 37.7 Å². The minimum absolute atomic E-state index is 0.0374. The molecule has 0 atom stereocenters. The first kappa shape index (κ1) is 17.1. The molecule has 0 saturated carbocycles. The summed E-state index contributed by atoms with van der Waals surface area (Å²) in [7, 11) is 0. The monoisotopic (exact) mass is 377 g/mol. The molecule has 6 nitrogen and oxygen atoms in total. The molecular formula is C17H23N5OS2. The summed E-state index contributed by atoms with van der Waals surface area (Å²) >= 11 is 3.28. The van der Waals surface area contributed by atoms with Gasteiger partial charge in [0.25, 0.3) is 0 Å². The summed E-state index contributed by atoms with van der Waals surface area (Å²) in [5.41, 5.74) is 2.88. The Labute approximate surface area is 156 Å². The van der Waals surface area contributed by atoms with Gasteiger partial charge < -0.3 is 10.2 Å². The maximum atomic E-state index is 12.4. The number of hydrogen-bond acceptors (Lipinski definition) is 6. The van der Waals surface area contributed by atoms with E-state index < -0.39 is 0 Å². The van der Waals surface area contributed by atoms with Crippen LogP contribution in [0.5, 0.6) is 0 Å². The molecule has 1 aromatic carbocycles. The molecule has 0 radical (unpaired) electrons. The Hall–Kier alpha value is -1.38. The van der Waals surface area contributed by atoms with Crippen LogP contribution in [0.15, 0.2) is 18.2 Å². The minimum Gasteiger partial charge on any atom is -0.334 e. The number of carbonyl (C=O) groups is 1. The van der Waals surface area contributed by atoms with Crippen LogP contribution >= 0.6 is 23.5 Å². The van der Waals surface area contributed by atoms with Crippen molar-refractivity contribution in [1.29, 1.82) is 0 Å². The molecule has 2 amide bonds. The first-order valence-corrected chi connectivity index (χ1v) is 10.7. The molecule has 2 aliphatic heterocycles. The van der Waals surface area contributed by atoms with Crippen molar-refractivity contribution in [3.05, 3.63) is 23.8 Å². The number of nitrogens with zero attached hydrogens (tertiary/aromatic N) is 4. The van der Waals surface area contributed by atoms with Crippen molar-refractivity contribution in [2.45, 2.75) is 25.4 Å². The van der Waals surface area contributed by atoms with Gasteiger partial charge in [-0.15, -0.1) is 0 Å². The molecule has 25 heavy (non-hydrogen) atoms. The quantitative estimate of drug-likeness (QED) is 0.890. The molecular weight excluding hydrogens is 354 g/mol. The van der Waals surface area contributed by atoms with Crippen molar-refractivity contribution >= 4 is 40.6 Å². The number of piperazine rings is 1. The number of benzene rings is 1. The Morgan fingerprint density at radius 3 is 2.68 bits per heavy atom. The third-order valence-corrected chi connectivity index (χ3v) is 6.68. The summed E-state index contributed by atoms with van der Waals surface area (Å²) in [5, 5.41) is 3.04. The standard InChI is InChI=1S/C17H23N5OS2/c23-17(18-12-13-1-2-15-16(11-13)20-25-19-15)22-7-5-21(6-8-22)14-3-9-24-10-4-14/h1-2,11,14H,3-10,12H2,(H,18,23). The highest BCUT2D eigenvalue weighted by molar-refractivity contribution is 7.99. The minimum atomic E-state index is 0.0374. The number of thioether (sulfide) groups is 1. The molecule has 2 aromatic rings. The fourth-order valence-corrected chi connectivity index (χ4v) is 5.17. The third kappa shape index (κ3) is 4.07. The van der Waals surface area contributed by atoms with E-state index in [1.165, 1.54) is 36.1 Å². The topological polar surface area (TPSA) is 61.4 Å². The fourth-order valence-electron chi connectivity index (χ4n) is 3.57. The molecule has 1 aromatic heterocycles.